The van der Waals surface area contributed by atoms with Crippen molar-refractivity contribution in [1.29, 1.82) is 0 Å². The Morgan fingerprint density at radius 2 is 1.98 bits per heavy atom. The first kappa shape index (κ1) is 26.4. The SMILES string of the molecule is O=C(Nc1nccs1)C(c1ncn2c1C[C@@H](F)C2)n1cc2c(Cl)cc(-c3ccc(N4CCOCC4)cc3)c(Cl)c2n1. The normalized spacial score (nSPS) is 17.6. The molecule has 210 valence electrons. The minimum atomic E-state index is -1.04. The summed E-state index contributed by atoms with van der Waals surface area (Å²) in [5.74, 6) is -0.400. The second-order valence-corrected chi connectivity index (χ2v) is 11.7. The van der Waals surface area contributed by atoms with Crippen LogP contribution in [0.5, 0.6) is 0 Å². The highest BCUT2D eigenvalue weighted by atomic mass is 35.5. The van der Waals surface area contributed by atoms with Gasteiger partial charge in [-0.25, -0.2) is 14.4 Å². The Kier molecular flexibility index (Phi) is 6.90. The number of fused-ring (bicyclic) bond motifs is 2. The van der Waals surface area contributed by atoms with Gasteiger partial charge < -0.3 is 14.2 Å². The van der Waals surface area contributed by atoms with E-state index < -0.39 is 18.1 Å². The van der Waals surface area contributed by atoms with Crippen molar-refractivity contribution in [3.8, 4) is 11.1 Å². The summed E-state index contributed by atoms with van der Waals surface area (Å²) in [7, 11) is 0. The van der Waals surface area contributed by atoms with Gasteiger partial charge in [-0.1, -0.05) is 35.3 Å². The molecule has 2 aliphatic rings. The molecule has 9 nitrogen and oxygen atoms in total. The standard InChI is InChI=1S/C28H24Cl2FN7O2S/c29-21-12-19(16-1-3-18(4-2-16)36-6-8-40-9-7-36)23(30)24-20(21)14-38(35-24)26(27(39)34-28-32-5-10-41-28)25-22-11-17(31)13-37(22)15-33-25/h1-5,10,12,14-15,17,26H,6-9,11,13H2,(H,32,34,39)/t17-,26?/m1/s1. The summed E-state index contributed by atoms with van der Waals surface area (Å²) in [6.07, 6.45) is 3.99. The highest BCUT2D eigenvalue weighted by molar-refractivity contribution is 7.13. The van der Waals surface area contributed by atoms with E-state index in [2.05, 4.69) is 32.3 Å². The van der Waals surface area contributed by atoms with Crippen LogP contribution >= 0.6 is 34.5 Å². The van der Waals surface area contributed by atoms with Crippen molar-refractivity contribution in [2.24, 2.45) is 0 Å². The zero-order valence-corrected chi connectivity index (χ0v) is 24.0. The number of ether oxygens (including phenoxy) is 1. The number of thiazole rings is 1. The van der Waals surface area contributed by atoms with Crippen molar-refractivity contribution in [2.75, 3.05) is 36.5 Å². The number of carbonyl (C=O) groups is 1. The molecule has 1 N–H and O–H groups in total. The minimum Gasteiger partial charge on any atom is -0.378 e. The van der Waals surface area contributed by atoms with Gasteiger partial charge in [-0.05, 0) is 23.8 Å². The van der Waals surface area contributed by atoms with E-state index in [1.807, 2.05) is 18.2 Å². The monoisotopic (exact) mass is 611 g/mol. The molecule has 0 bridgehead atoms. The third-order valence-electron chi connectivity index (χ3n) is 7.48. The summed E-state index contributed by atoms with van der Waals surface area (Å²) in [6.45, 7) is 3.32. The van der Waals surface area contributed by atoms with Crippen LogP contribution in [0.4, 0.5) is 15.2 Å². The Balaban J connectivity index is 1.28. The third-order valence-corrected chi connectivity index (χ3v) is 8.87. The van der Waals surface area contributed by atoms with E-state index in [9.17, 15) is 9.18 Å². The molecule has 2 aromatic carbocycles. The van der Waals surface area contributed by atoms with Crippen molar-refractivity contribution in [3.63, 3.8) is 0 Å². The molecule has 1 saturated heterocycles. The summed E-state index contributed by atoms with van der Waals surface area (Å²) >= 11 is 15.0. The number of morpholine rings is 1. The topological polar surface area (TPSA) is 90.1 Å². The summed E-state index contributed by atoms with van der Waals surface area (Å²) < 4.78 is 23.0. The molecule has 2 atom stereocenters. The molecule has 0 saturated carbocycles. The number of hydrogen-bond donors (Lipinski definition) is 1. The Morgan fingerprint density at radius 3 is 2.73 bits per heavy atom. The maximum absolute atomic E-state index is 14.3. The summed E-state index contributed by atoms with van der Waals surface area (Å²) in [5.41, 5.74) is 4.28. The molecular formula is C28H24Cl2FN7O2S. The summed E-state index contributed by atoms with van der Waals surface area (Å²) in [5, 5.41) is 11.3. The van der Waals surface area contributed by atoms with Crippen LogP contribution in [0, 0.1) is 0 Å². The van der Waals surface area contributed by atoms with Crippen LogP contribution in [0.25, 0.3) is 22.0 Å². The highest BCUT2D eigenvalue weighted by Crippen LogP contribution is 2.40. The Labute approximate surface area is 248 Å². The van der Waals surface area contributed by atoms with Crippen LogP contribution in [0.2, 0.25) is 10.0 Å². The number of carbonyl (C=O) groups excluding carboxylic acids is 1. The number of nitrogens with one attached hydrogen (secondary N) is 1. The van der Waals surface area contributed by atoms with Crippen LogP contribution in [0.1, 0.15) is 17.4 Å². The van der Waals surface area contributed by atoms with E-state index in [0.29, 0.717) is 50.7 Å². The number of benzene rings is 2. The van der Waals surface area contributed by atoms with Crippen LogP contribution in [0.3, 0.4) is 0 Å². The van der Waals surface area contributed by atoms with Crippen molar-refractivity contribution in [2.45, 2.75) is 25.2 Å². The van der Waals surface area contributed by atoms with Crippen LogP contribution < -0.4 is 10.2 Å². The van der Waals surface area contributed by atoms with E-state index in [4.69, 9.17) is 33.0 Å². The van der Waals surface area contributed by atoms with Crippen molar-refractivity contribution in [3.05, 3.63) is 75.9 Å². The Bertz CT molecular complexity index is 1730. The van der Waals surface area contributed by atoms with Gasteiger partial charge in [0.05, 0.1) is 41.8 Å². The molecule has 41 heavy (non-hydrogen) atoms. The van der Waals surface area contributed by atoms with Gasteiger partial charge in [-0.2, -0.15) is 5.10 Å². The number of amides is 1. The zero-order valence-electron chi connectivity index (χ0n) is 21.6. The van der Waals surface area contributed by atoms with Crippen LogP contribution in [0.15, 0.2) is 54.4 Å². The van der Waals surface area contributed by atoms with Gasteiger partial charge in [0.2, 0.25) is 0 Å². The van der Waals surface area contributed by atoms with Crippen LogP contribution in [-0.2, 0) is 22.5 Å². The largest absolute Gasteiger partial charge is 0.378 e. The fourth-order valence-corrected chi connectivity index (χ4v) is 6.57. The molecule has 2 aliphatic heterocycles. The molecule has 5 aromatic rings. The van der Waals surface area contributed by atoms with Crippen LogP contribution in [-0.4, -0.2) is 62.7 Å². The molecule has 0 radical (unpaired) electrons. The van der Waals surface area contributed by atoms with Gasteiger partial charge in [0, 0.05) is 59.6 Å². The van der Waals surface area contributed by atoms with E-state index in [1.165, 1.54) is 16.0 Å². The number of anilines is 2. The van der Waals surface area contributed by atoms with Gasteiger partial charge in [-0.15, -0.1) is 11.3 Å². The van der Waals surface area contributed by atoms with E-state index in [-0.39, 0.29) is 13.0 Å². The smallest absolute Gasteiger partial charge is 0.257 e. The second-order valence-electron chi connectivity index (χ2n) is 10.00. The summed E-state index contributed by atoms with van der Waals surface area (Å²) in [4.78, 5) is 24.6. The molecular weight excluding hydrogens is 588 g/mol. The fraction of sp³-hybridized carbons (Fsp3) is 0.286. The molecule has 1 amide bonds. The van der Waals surface area contributed by atoms with Gasteiger partial charge in [0.1, 0.15) is 11.7 Å². The first-order valence-corrected chi connectivity index (χ1v) is 14.8. The number of aromatic nitrogens is 5. The van der Waals surface area contributed by atoms with Gasteiger partial charge >= 0.3 is 0 Å². The lowest BCUT2D eigenvalue weighted by Crippen LogP contribution is -2.36. The van der Waals surface area contributed by atoms with Gasteiger partial charge in [0.25, 0.3) is 5.91 Å². The first-order valence-electron chi connectivity index (χ1n) is 13.1. The maximum atomic E-state index is 14.3. The van der Waals surface area contributed by atoms with Crippen molar-refractivity contribution >= 4 is 62.2 Å². The lowest BCUT2D eigenvalue weighted by atomic mass is 10.0. The van der Waals surface area contributed by atoms with Gasteiger partial charge in [0.15, 0.2) is 11.2 Å². The Hall–Kier alpha value is -3.51. The van der Waals surface area contributed by atoms with E-state index in [1.54, 1.807) is 28.7 Å². The number of alkyl halides is 1. The van der Waals surface area contributed by atoms with E-state index in [0.717, 1.165) is 29.9 Å². The predicted octanol–water partition coefficient (Wildman–Crippen LogP) is 5.62. The molecule has 3 aromatic heterocycles. The average molecular weight is 613 g/mol. The number of rotatable bonds is 6. The van der Waals surface area contributed by atoms with Crippen molar-refractivity contribution in [1.82, 2.24) is 24.3 Å². The average Bonchev–Trinajstić information content (AvgIpc) is 3.78. The molecule has 0 spiro atoms. The number of hydrogen-bond acceptors (Lipinski definition) is 7. The fourth-order valence-electron chi connectivity index (χ4n) is 5.49. The first-order chi connectivity index (χ1) is 20.0. The molecule has 1 fully saturated rings. The lowest BCUT2D eigenvalue weighted by Gasteiger charge is -2.29. The number of imidazole rings is 1. The molecule has 7 rings (SSSR count). The van der Waals surface area contributed by atoms with Gasteiger partial charge in [-0.3, -0.25) is 14.8 Å². The second kappa shape index (κ2) is 10.7. The highest BCUT2D eigenvalue weighted by Gasteiger charge is 2.34. The van der Waals surface area contributed by atoms with E-state index >= 15 is 0 Å². The Morgan fingerprint density at radius 1 is 1.17 bits per heavy atom. The number of nitrogens with zero attached hydrogens (tertiary/aromatic N) is 6. The molecule has 5 heterocycles. The minimum absolute atomic E-state index is 0.170. The summed E-state index contributed by atoms with van der Waals surface area (Å²) in [6, 6.07) is 8.97. The number of halogens is 3. The molecule has 1 unspecified atom stereocenters. The third kappa shape index (κ3) is 4.86. The maximum Gasteiger partial charge on any atom is 0.257 e. The molecule has 0 aliphatic carbocycles. The lowest BCUT2D eigenvalue weighted by molar-refractivity contribution is -0.118. The van der Waals surface area contributed by atoms with Crippen molar-refractivity contribution < 1.29 is 13.9 Å². The zero-order chi connectivity index (χ0) is 28.1. The predicted molar refractivity (Wildman–Crippen MR) is 158 cm³/mol. The quantitative estimate of drug-likeness (QED) is 0.268. The molecule has 13 heteroatoms.